The number of benzene rings is 2. The van der Waals surface area contributed by atoms with E-state index in [-0.39, 0.29) is 0 Å². The summed E-state index contributed by atoms with van der Waals surface area (Å²) in [5.74, 6) is 5.52. The van der Waals surface area contributed by atoms with Gasteiger partial charge in [-0.05, 0) is 17.7 Å². The van der Waals surface area contributed by atoms with Crippen LogP contribution in [0.1, 0.15) is 11.1 Å². The second-order valence-corrected chi connectivity index (χ2v) is 4.57. The van der Waals surface area contributed by atoms with E-state index in [1.807, 2.05) is 48.5 Å². The monoisotopic (exact) mass is 266 g/mol. The van der Waals surface area contributed by atoms with Crippen molar-refractivity contribution in [3.8, 4) is 0 Å². The van der Waals surface area contributed by atoms with Crippen LogP contribution in [0.2, 0.25) is 0 Å². The lowest BCUT2D eigenvalue weighted by atomic mass is 10.0. The Morgan fingerprint density at radius 2 is 1.70 bits per heavy atom. The molecule has 2 amide bonds. The van der Waals surface area contributed by atoms with Crippen molar-refractivity contribution in [2.24, 2.45) is 16.7 Å². The quantitative estimate of drug-likeness (QED) is 0.565. The lowest BCUT2D eigenvalue weighted by molar-refractivity contribution is 0.256. The molecule has 100 valence electrons. The average molecular weight is 266 g/mol. The summed E-state index contributed by atoms with van der Waals surface area (Å²) >= 11 is 0. The molecule has 0 spiro atoms. The number of amides is 2. The topological polar surface area (TPSA) is 84.7 Å². The van der Waals surface area contributed by atoms with E-state index in [0.717, 1.165) is 22.5 Å². The molecule has 1 heterocycles. The highest BCUT2D eigenvalue weighted by molar-refractivity contribution is 6.13. The van der Waals surface area contributed by atoms with E-state index >= 15 is 0 Å². The number of carbonyl (C=O) groups excluding carboxylic acids is 1. The van der Waals surface area contributed by atoms with E-state index in [2.05, 4.69) is 5.10 Å². The zero-order chi connectivity index (χ0) is 14.1. The van der Waals surface area contributed by atoms with Crippen molar-refractivity contribution in [3.05, 3.63) is 59.7 Å². The summed E-state index contributed by atoms with van der Waals surface area (Å²) in [4.78, 5) is 13.4. The number of para-hydroxylation sites is 2. The third-order valence-corrected chi connectivity index (χ3v) is 3.42. The van der Waals surface area contributed by atoms with Crippen LogP contribution in [0.4, 0.5) is 16.2 Å². The fraction of sp³-hybridized carbons (Fsp3) is 0.0667. The van der Waals surface area contributed by atoms with Gasteiger partial charge in [-0.3, -0.25) is 4.90 Å². The molecule has 1 aliphatic heterocycles. The molecule has 0 aliphatic carbocycles. The predicted molar refractivity (Wildman–Crippen MR) is 79.0 cm³/mol. The molecule has 5 heteroatoms. The van der Waals surface area contributed by atoms with Crippen molar-refractivity contribution in [3.63, 3.8) is 0 Å². The van der Waals surface area contributed by atoms with Crippen molar-refractivity contribution < 1.29 is 4.79 Å². The minimum Gasteiger partial charge on any atom is -0.351 e. The van der Waals surface area contributed by atoms with Gasteiger partial charge in [0.2, 0.25) is 0 Å². The van der Waals surface area contributed by atoms with Crippen LogP contribution in [0.25, 0.3) is 0 Å². The van der Waals surface area contributed by atoms with E-state index < -0.39 is 6.03 Å². The Hall–Kier alpha value is -2.82. The fourth-order valence-electron chi connectivity index (χ4n) is 2.55. The molecule has 2 aromatic carbocycles. The summed E-state index contributed by atoms with van der Waals surface area (Å²) in [6.45, 7) is 0. The molecule has 5 nitrogen and oxygen atoms in total. The lowest BCUT2D eigenvalue weighted by Crippen LogP contribution is -2.32. The number of carbonyl (C=O) groups is 1. The van der Waals surface area contributed by atoms with Crippen LogP contribution in [0.15, 0.2) is 53.6 Å². The molecular weight excluding hydrogens is 252 g/mol. The first-order valence-electron chi connectivity index (χ1n) is 6.26. The van der Waals surface area contributed by atoms with Gasteiger partial charge in [-0.2, -0.15) is 5.10 Å². The summed E-state index contributed by atoms with van der Waals surface area (Å²) in [6.07, 6.45) is 0.563. The van der Waals surface area contributed by atoms with Gasteiger partial charge in [0.1, 0.15) is 0 Å². The Morgan fingerprint density at radius 3 is 2.40 bits per heavy atom. The number of nitrogens with two attached hydrogens (primary N) is 2. The Bertz CT molecular complexity index is 709. The van der Waals surface area contributed by atoms with E-state index in [9.17, 15) is 4.79 Å². The Kier molecular flexibility index (Phi) is 2.87. The predicted octanol–water partition coefficient (Wildman–Crippen LogP) is 2.12. The zero-order valence-corrected chi connectivity index (χ0v) is 10.8. The third-order valence-electron chi connectivity index (χ3n) is 3.42. The molecule has 0 aromatic heterocycles. The molecule has 4 N–H and O–H groups in total. The summed E-state index contributed by atoms with van der Waals surface area (Å²) < 4.78 is 0. The van der Waals surface area contributed by atoms with E-state index in [4.69, 9.17) is 11.6 Å². The highest BCUT2D eigenvalue weighted by Gasteiger charge is 2.26. The maximum Gasteiger partial charge on any atom is 0.323 e. The molecule has 3 rings (SSSR count). The van der Waals surface area contributed by atoms with Crippen LogP contribution < -0.4 is 16.5 Å². The zero-order valence-electron chi connectivity index (χ0n) is 10.8. The average Bonchev–Trinajstić information content (AvgIpc) is 2.61. The van der Waals surface area contributed by atoms with Crippen LogP contribution >= 0.6 is 0 Å². The molecule has 20 heavy (non-hydrogen) atoms. The molecule has 1 aliphatic rings. The van der Waals surface area contributed by atoms with Crippen LogP contribution in [0.3, 0.4) is 0 Å². The second-order valence-electron chi connectivity index (χ2n) is 4.57. The van der Waals surface area contributed by atoms with Gasteiger partial charge in [-0.1, -0.05) is 36.4 Å². The van der Waals surface area contributed by atoms with Crippen molar-refractivity contribution in [1.82, 2.24) is 0 Å². The normalized spacial score (nSPS) is 15.4. The first-order chi connectivity index (χ1) is 9.72. The molecular formula is C15H14N4O. The van der Waals surface area contributed by atoms with Crippen LogP contribution in [0.5, 0.6) is 0 Å². The summed E-state index contributed by atoms with van der Waals surface area (Å²) in [5.41, 5.74) is 9.56. The van der Waals surface area contributed by atoms with E-state index in [1.54, 1.807) is 0 Å². The van der Waals surface area contributed by atoms with Gasteiger partial charge < -0.3 is 11.6 Å². The SMILES string of the molecule is N/N=C1\Cc2ccccc2N(C(N)=O)c2ccccc21. The Balaban J connectivity index is 2.33. The highest BCUT2D eigenvalue weighted by Crippen LogP contribution is 2.35. The van der Waals surface area contributed by atoms with Gasteiger partial charge in [0.25, 0.3) is 0 Å². The van der Waals surface area contributed by atoms with Crippen LogP contribution in [-0.2, 0) is 6.42 Å². The molecule has 0 fully saturated rings. The maximum absolute atomic E-state index is 11.9. The van der Waals surface area contributed by atoms with E-state index in [1.165, 1.54) is 4.90 Å². The van der Waals surface area contributed by atoms with Crippen molar-refractivity contribution >= 4 is 23.1 Å². The molecule has 0 radical (unpaired) electrons. The largest absolute Gasteiger partial charge is 0.351 e. The third kappa shape index (κ3) is 1.80. The number of primary amides is 1. The molecule has 0 saturated carbocycles. The van der Waals surface area contributed by atoms with Crippen LogP contribution in [0, 0.1) is 0 Å². The number of hydrazone groups is 1. The molecule has 0 atom stereocenters. The summed E-state index contributed by atoms with van der Waals surface area (Å²) in [7, 11) is 0. The maximum atomic E-state index is 11.9. The van der Waals surface area contributed by atoms with Gasteiger partial charge >= 0.3 is 6.03 Å². The van der Waals surface area contributed by atoms with Crippen molar-refractivity contribution in [2.45, 2.75) is 6.42 Å². The minimum absolute atomic E-state index is 0.525. The Labute approximate surface area is 116 Å². The molecule has 2 aromatic rings. The van der Waals surface area contributed by atoms with Gasteiger partial charge in [-0.25, -0.2) is 4.79 Å². The van der Waals surface area contributed by atoms with E-state index in [0.29, 0.717) is 12.1 Å². The second kappa shape index (κ2) is 4.70. The van der Waals surface area contributed by atoms with Gasteiger partial charge in [0.15, 0.2) is 0 Å². The van der Waals surface area contributed by atoms with Gasteiger partial charge in [-0.15, -0.1) is 0 Å². The van der Waals surface area contributed by atoms with Crippen LogP contribution in [-0.4, -0.2) is 11.7 Å². The minimum atomic E-state index is -0.525. The number of hydrogen-bond donors (Lipinski definition) is 2. The van der Waals surface area contributed by atoms with Crippen molar-refractivity contribution in [1.29, 1.82) is 0 Å². The van der Waals surface area contributed by atoms with Crippen molar-refractivity contribution in [2.75, 3.05) is 4.90 Å². The number of hydrogen-bond acceptors (Lipinski definition) is 3. The standard InChI is InChI=1S/C15H14N4O/c16-15(20)19-13-7-3-1-5-10(13)9-12(18-17)11-6-2-4-8-14(11)19/h1-8H,9,17H2,(H2,16,20)/b18-12+. The summed E-state index contributed by atoms with van der Waals surface area (Å²) in [5, 5.41) is 3.88. The summed E-state index contributed by atoms with van der Waals surface area (Å²) in [6, 6.07) is 14.6. The number of urea groups is 1. The number of nitrogens with zero attached hydrogens (tertiary/aromatic N) is 2. The molecule has 0 bridgehead atoms. The smallest absolute Gasteiger partial charge is 0.323 e. The lowest BCUT2D eigenvalue weighted by Gasteiger charge is -2.22. The highest BCUT2D eigenvalue weighted by atomic mass is 16.2. The number of anilines is 2. The molecule has 0 saturated heterocycles. The van der Waals surface area contributed by atoms with Gasteiger partial charge in [0.05, 0.1) is 17.1 Å². The number of fused-ring (bicyclic) bond motifs is 2. The first-order valence-corrected chi connectivity index (χ1v) is 6.26. The fourth-order valence-corrected chi connectivity index (χ4v) is 2.55. The molecule has 0 unspecified atom stereocenters. The van der Waals surface area contributed by atoms with Gasteiger partial charge in [0, 0.05) is 12.0 Å². The number of rotatable bonds is 0. The first kappa shape index (κ1) is 12.2. The Morgan fingerprint density at radius 1 is 1.05 bits per heavy atom.